The molecule has 0 aromatic heterocycles. The second kappa shape index (κ2) is 44.7. The summed E-state index contributed by atoms with van der Waals surface area (Å²) in [6.07, 6.45) is 0. The van der Waals surface area contributed by atoms with E-state index in [0.717, 1.165) is 0 Å². The first-order chi connectivity index (χ1) is 1.00. The maximum absolute atomic E-state index is 6.50. The van der Waals surface area contributed by atoms with Crippen molar-refractivity contribution in [2.45, 2.75) is 0 Å². The van der Waals surface area contributed by atoms with Crippen molar-refractivity contribution in [1.29, 1.82) is 5.26 Å². The first kappa shape index (κ1) is 21.2. The maximum Gasteiger partial charge on any atom is 1.00 e. The van der Waals surface area contributed by atoms with Gasteiger partial charge in [0.2, 0.25) is 0 Å². The van der Waals surface area contributed by atoms with Crippen LogP contribution in [0.1, 0.15) is 1.43 Å². The molecule has 1 radical (unpaired) electrons. The van der Waals surface area contributed by atoms with Crippen LogP contribution in [0.2, 0.25) is 0 Å². The molecule has 0 amide bonds. The molecule has 0 aliphatic carbocycles. The van der Waals surface area contributed by atoms with Crippen LogP contribution < -0.4 is 18.9 Å². The first-order valence-electron chi connectivity index (χ1n) is 0.258. The van der Waals surface area contributed by atoms with E-state index in [1.54, 1.807) is 0 Å². The monoisotopic (exact) mass is 232 g/mol. The number of nitriles is 1. The predicted octanol–water partition coefficient (Wildman–Crippen LogP) is -2.75. The molecular weight excluding hydrogens is 230 g/mol. The third-order valence-corrected chi connectivity index (χ3v) is 0. The molecular formula is CH2AuLiN. The first-order valence-corrected chi connectivity index (χ1v) is 0.258. The van der Waals surface area contributed by atoms with Gasteiger partial charge in [0.05, 0.1) is 0 Å². The largest absolute Gasteiger partial charge is 1.00 e. The molecule has 0 fully saturated rings. The van der Waals surface area contributed by atoms with Gasteiger partial charge in [-0.3, -0.25) is 0 Å². The van der Waals surface area contributed by atoms with Gasteiger partial charge in [-0.05, 0) is 0 Å². The van der Waals surface area contributed by atoms with Gasteiger partial charge in [0.1, 0.15) is 0 Å². The van der Waals surface area contributed by atoms with Crippen molar-refractivity contribution in [1.82, 2.24) is 0 Å². The minimum absolute atomic E-state index is 0. The fraction of sp³-hybridized carbons (Fsp3) is 0. The molecule has 0 spiro atoms. The van der Waals surface area contributed by atoms with Crippen molar-refractivity contribution in [2.24, 2.45) is 0 Å². The number of rotatable bonds is 0. The van der Waals surface area contributed by atoms with Gasteiger partial charge >= 0.3 is 18.9 Å². The van der Waals surface area contributed by atoms with Crippen LogP contribution in [0.15, 0.2) is 0 Å². The van der Waals surface area contributed by atoms with Crippen molar-refractivity contribution in [2.75, 3.05) is 0 Å². The van der Waals surface area contributed by atoms with Gasteiger partial charge in [-0.25, -0.2) is 5.26 Å². The van der Waals surface area contributed by atoms with Crippen molar-refractivity contribution < 1.29 is 42.7 Å². The Morgan fingerprint density at radius 3 is 1.50 bits per heavy atom. The van der Waals surface area contributed by atoms with Gasteiger partial charge < -0.3 is 1.43 Å². The summed E-state index contributed by atoms with van der Waals surface area (Å²) in [6, 6.07) is 0. The Kier molecular flexibility index (Phi) is 237. The topological polar surface area (TPSA) is 23.8 Å². The fourth-order valence-electron chi connectivity index (χ4n) is 0. The standard InChI is InChI=1S/CHN.Au.Li.H/c1-2;;;/h1H;;;/q;;+1;-1. The minimum Gasteiger partial charge on any atom is -1.00 e. The molecule has 0 aromatic rings. The molecule has 0 saturated heterocycles. The second-order valence-electron chi connectivity index (χ2n) is 0. The molecule has 0 atom stereocenters. The van der Waals surface area contributed by atoms with Crippen molar-refractivity contribution in [3.05, 3.63) is 0 Å². The van der Waals surface area contributed by atoms with Crippen molar-refractivity contribution >= 4 is 0 Å². The Morgan fingerprint density at radius 2 is 1.50 bits per heavy atom. The third-order valence-electron chi connectivity index (χ3n) is 0. The molecule has 0 saturated carbocycles. The molecule has 0 aliphatic rings. The van der Waals surface area contributed by atoms with E-state index < -0.39 is 0 Å². The van der Waals surface area contributed by atoms with Crippen LogP contribution in [-0.2, 0) is 22.4 Å². The average Bonchev–Trinajstić information content (AvgIpc) is 1.00. The number of nitrogens with zero attached hydrogens (tertiary/aromatic N) is 1. The average molecular weight is 232 g/mol. The summed E-state index contributed by atoms with van der Waals surface area (Å²) >= 11 is 0. The smallest absolute Gasteiger partial charge is 1.00 e. The Morgan fingerprint density at radius 1 is 1.50 bits per heavy atom. The summed E-state index contributed by atoms with van der Waals surface area (Å²) in [5, 5.41) is 6.50. The van der Waals surface area contributed by atoms with Gasteiger partial charge in [0.25, 0.3) is 0 Å². The van der Waals surface area contributed by atoms with Gasteiger partial charge in [-0.15, -0.1) is 0 Å². The summed E-state index contributed by atoms with van der Waals surface area (Å²) in [4.78, 5) is 0. The van der Waals surface area contributed by atoms with Crippen LogP contribution in [0.5, 0.6) is 0 Å². The van der Waals surface area contributed by atoms with Gasteiger partial charge in [-0.1, -0.05) is 0 Å². The molecule has 0 bridgehead atoms. The number of hydrogen-bond acceptors (Lipinski definition) is 1. The third kappa shape index (κ3) is 13.8. The molecule has 3 heteroatoms. The van der Waals surface area contributed by atoms with E-state index in [2.05, 4.69) is 6.57 Å². The van der Waals surface area contributed by atoms with E-state index >= 15 is 0 Å². The van der Waals surface area contributed by atoms with Crippen LogP contribution in [0.4, 0.5) is 0 Å². The quantitative estimate of drug-likeness (QED) is 0.415. The minimum atomic E-state index is 0. The molecule has 23 valence electrons. The molecule has 0 N–H and O–H groups in total. The predicted molar refractivity (Wildman–Crippen MR) is 7.78 cm³/mol. The van der Waals surface area contributed by atoms with E-state index in [1.165, 1.54) is 0 Å². The summed E-state index contributed by atoms with van der Waals surface area (Å²) in [5.41, 5.74) is 0. The number of hydrogen-bond donors (Lipinski definition) is 0. The SMILES string of the molecule is C#N.[Au].[H-].[Li+]. The summed E-state index contributed by atoms with van der Waals surface area (Å²) in [5.74, 6) is 0. The summed E-state index contributed by atoms with van der Waals surface area (Å²) < 4.78 is 0. The van der Waals surface area contributed by atoms with Crippen LogP contribution in [0, 0.1) is 11.8 Å². The van der Waals surface area contributed by atoms with E-state index in [1.807, 2.05) is 0 Å². The normalized spacial score (nSPS) is 0.500. The van der Waals surface area contributed by atoms with Crippen LogP contribution in [0.3, 0.4) is 0 Å². The van der Waals surface area contributed by atoms with Gasteiger partial charge in [-0.2, -0.15) is 0 Å². The van der Waals surface area contributed by atoms with Crippen molar-refractivity contribution in [3.63, 3.8) is 0 Å². The van der Waals surface area contributed by atoms with E-state index in [4.69, 9.17) is 5.26 Å². The molecule has 0 aliphatic heterocycles. The Labute approximate surface area is 54.5 Å². The Balaban J connectivity index is -0.00000000167. The maximum atomic E-state index is 6.50. The van der Waals surface area contributed by atoms with E-state index in [9.17, 15) is 0 Å². The zero-order valence-corrected chi connectivity index (χ0v) is 4.49. The zero-order valence-electron chi connectivity index (χ0n) is 3.33. The molecule has 1 nitrogen and oxygen atoms in total. The molecule has 0 unspecified atom stereocenters. The second-order valence-corrected chi connectivity index (χ2v) is 0. The Hall–Kier alpha value is 0.828. The van der Waals surface area contributed by atoms with Crippen LogP contribution in [-0.4, -0.2) is 0 Å². The Bertz CT molecular complexity index is 16.4. The fourth-order valence-corrected chi connectivity index (χ4v) is 0. The van der Waals surface area contributed by atoms with Crippen molar-refractivity contribution in [3.8, 4) is 6.57 Å². The van der Waals surface area contributed by atoms with Gasteiger partial charge in [0, 0.05) is 29.0 Å². The molecule has 0 aromatic carbocycles. The molecule has 0 heterocycles. The summed E-state index contributed by atoms with van der Waals surface area (Å²) in [7, 11) is 0. The van der Waals surface area contributed by atoms with E-state index in [-0.39, 0.29) is 42.7 Å². The zero-order chi connectivity index (χ0) is 2.00. The molecule has 4 heavy (non-hydrogen) atoms. The molecule has 0 rings (SSSR count). The van der Waals surface area contributed by atoms with Crippen LogP contribution >= 0.6 is 0 Å². The summed E-state index contributed by atoms with van der Waals surface area (Å²) in [6.45, 7) is 3.50. The van der Waals surface area contributed by atoms with Crippen LogP contribution in [0.25, 0.3) is 0 Å². The van der Waals surface area contributed by atoms with E-state index in [0.29, 0.717) is 0 Å². The van der Waals surface area contributed by atoms with Gasteiger partial charge in [0.15, 0.2) is 0 Å².